The van der Waals surface area contributed by atoms with Crippen molar-refractivity contribution in [2.45, 2.75) is 17.7 Å². The molecule has 34 heavy (non-hydrogen) atoms. The van der Waals surface area contributed by atoms with Crippen LogP contribution in [0.1, 0.15) is 12.8 Å². The number of piperazine rings is 1. The maximum Gasteiger partial charge on any atom is 0.243 e. The Morgan fingerprint density at radius 2 is 1.44 bits per heavy atom. The minimum atomic E-state index is -3.60. The zero-order valence-electron chi connectivity index (χ0n) is 18.9. The Morgan fingerprint density at radius 3 is 2.15 bits per heavy atom. The van der Waals surface area contributed by atoms with Crippen LogP contribution in [-0.4, -0.2) is 62.8 Å². The molecule has 0 atom stereocenters. The summed E-state index contributed by atoms with van der Waals surface area (Å²) in [7, 11) is -3.60. The van der Waals surface area contributed by atoms with Crippen molar-refractivity contribution in [3.63, 3.8) is 0 Å². The lowest BCUT2D eigenvalue weighted by atomic mass is 9.96. The van der Waals surface area contributed by atoms with Crippen LogP contribution in [0.15, 0.2) is 71.6 Å². The van der Waals surface area contributed by atoms with Gasteiger partial charge in [0.1, 0.15) is 5.82 Å². The van der Waals surface area contributed by atoms with Crippen LogP contribution < -0.4 is 4.90 Å². The lowest BCUT2D eigenvalue weighted by Crippen LogP contribution is -2.52. The summed E-state index contributed by atoms with van der Waals surface area (Å²) in [6.07, 6.45) is 1.03. The van der Waals surface area contributed by atoms with E-state index >= 15 is 0 Å². The predicted molar refractivity (Wildman–Crippen MR) is 131 cm³/mol. The molecule has 2 fully saturated rings. The van der Waals surface area contributed by atoms with Crippen molar-refractivity contribution in [2.24, 2.45) is 5.92 Å². The van der Waals surface area contributed by atoms with E-state index in [0.717, 1.165) is 10.8 Å². The normalized spacial score (nSPS) is 18.4. The number of anilines is 1. The van der Waals surface area contributed by atoms with E-state index in [1.165, 1.54) is 10.4 Å². The molecule has 2 heterocycles. The van der Waals surface area contributed by atoms with Gasteiger partial charge in [0.2, 0.25) is 15.9 Å². The third-order valence-electron chi connectivity index (χ3n) is 6.95. The number of rotatable bonds is 4. The molecular weight excluding hydrogens is 453 g/mol. The summed E-state index contributed by atoms with van der Waals surface area (Å²) in [5.41, 5.74) is 0.571. The van der Waals surface area contributed by atoms with Crippen LogP contribution >= 0.6 is 0 Å². The molecule has 0 saturated carbocycles. The molecule has 0 spiro atoms. The second kappa shape index (κ2) is 9.35. The average Bonchev–Trinajstić information content (AvgIpc) is 2.88. The number of piperidine rings is 1. The highest BCUT2D eigenvalue weighted by Crippen LogP contribution is 2.28. The van der Waals surface area contributed by atoms with Gasteiger partial charge in [0.25, 0.3) is 0 Å². The van der Waals surface area contributed by atoms with Crippen molar-refractivity contribution in [3.05, 3.63) is 72.5 Å². The zero-order chi connectivity index (χ0) is 23.7. The molecule has 0 N–H and O–H groups in total. The van der Waals surface area contributed by atoms with E-state index in [0.29, 0.717) is 62.7 Å². The molecule has 2 aliphatic heterocycles. The third-order valence-corrected chi connectivity index (χ3v) is 8.84. The number of fused-ring (bicyclic) bond motifs is 1. The standard InChI is InChI=1S/C26H28FN3O3S/c27-24-7-3-4-8-25(24)28-15-17-29(18-16-28)26(31)21-11-13-30(14-12-21)34(32,33)23-10-9-20-5-1-2-6-22(20)19-23/h1-10,19,21H,11-18H2. The molecule has 0 bridgehead atoms. The summed E-state index contributed by atoms with van der Waals surface area (Å²) in [5, 5.41) is 1.89. The van der Waals surface area contributed by atoms with Crippen LogP contribution in [0.4, 0.5) is 10.1 Å². The number of hydrogen-bond donors (Lipinski definition) is 0. The molecule has 178 valence electrons. The van der Waals surface area contributed by atoms with E-state index in [1.54, 1.807) is 24.3 Å². The Hall–Kier alpha value is -2.97. The fourth-order valence-corrected chi connectivity index (χ4v) is 6.46. The van der Waals surface area contributed by atoms with Crippen LogP contribution in [0.3, 0.4) is 0 Å². The number of halogens is 1. The molecule has 8 heteroatoms. The Labute approximate surface area is 199 Å². The molecule has 0 radical (unpaired) electrons. The van der Waals surface area contributed by atoms with Gasteiger partial charge in [-0.15, -0.1) is 0 Å². The number of para-hydroxylation sites is 1. The summed E-state index contributed by atoms with van der Waals surface area (Å²) < 4.78 is 42.0. The fraction of sp³-hybridized carbons (Fsp3) is 0.346. The first-order valence-corrected chi connectivity index (χ1v) is 13.1. The van der Waals surface area contributed by atoms with Gasteiger partial charge in [-0.25, -0.2) is 12.8 Å². The minimum absolute atomic E-state index is 0.0796. The summed E-state index contributed by atoms with van der Waals surface area (Å²) in [6, 6.07) is 19.6. The van der Waals surface area contributed by atoms with Gasteiger partial charge in [-0.05, 0) is 47.9 Å². The number of nitrogens with zero attached hydrogens (tertiary/aromatic N) is 3. The zero-order valence-corrected chi connectivity index (χ0v) is 19.8. The summed E-state index contributed by atoms with van der Waals surface area (Å²) >= 11 is 0. The highest BCUT2D eigenvalue weighted by molar-refractivity contribution is 7.89. The Morgan fingerprint density at radius 1 is 0.794 bits per heavy atom. The van der Waals surface area contributed by atoms with Gasteiger partial charge in [-0.2, -0.15) is 4.31 Å². The molecule has 2 aliphatic rings. The van der Waals surface area contributed by atoms with Gasteiger partial charge in [0.05, 0.1) is 10.6 Å². The number of hydrogen-bond acceptors (Lipinski definition) is 4. The average molecular weight is 482 g/mol. The lowest BCUT2D eigenvalue weighted by Gasteiger charge is -2.39. The first kappa shape index (κ1) is 22.8. The van der Waals surface area contributed by atoms with E-state index < -0.39 is 10.0 Å². The molecule has 0 aliphatic carbocycles. The van der Waals surface area contributed by atoms with E-state index in [2.05, 4.69) is 0 Å². The van der Waals surface area contributed by atoms with Crippen LogP contribution in [0.25, 0.3) is 10.8 Å². The largest absolute Gasteiger partial charge is 0.366 e. The monoisotopic (exact) mass is 481 g/mol. The highest BCUT2D eigenvalue weighted by Gasteiger charge is 2.35. The number of carbonyl (C=O) groups excluding carboxylic acids is 1. The Bertz CT molecular complexity index is 1300. The maximum atomic E-state index is 14.1. The topological polar surface area (TPSA) is 60.9 Å². The number of carbonyl (C=O) groups is 1. The quantitative estimate of drug-likeness (QED) is 0.570. The van der Waals surface area contributed by atoms with Crippen molar-refractivity contribution >= 4 is 32.4 Å². The Kier molecular flexibility index (Phi) is 6.27. The van der Waals surface area contributed by atoms with Crippen molar-refractivity contribution in [1.82, 2.24) is 9.21 Å². The van der Waals surface area contributed by atoms with Crippen molar-refractivity contribution in [1.29, 1.82) is 0 Å². The van der Waals surface area contributed by atoms with Crippen LogP contribution in [0.5, 0.6) is 0 Å². The molecule has 3 aromatic rings. The van der Waals surface area contributed by atoms with E-state index in [4.69, 9.17) is 0 Å². The predicted octanol–water partition coefficient (Wildman–Crippen LogP) is 3.73. The molecule has 0 aromatic heterocycles. The summed E-state index contributed by atoms with van der Waals surface area (Å²) in [6.45, 7) is 2.93. The van der Waals surface area contributed by atoms with Gasteiger partial charge in [-0.1, -0.05) is 42.5 Å². The van der Waals surface area contributed by atoms with Crippen LogP contribution in [-0.2, 0) is 14.8 Å². The van der Waals surface area contributed by atoms with Crippen LogP contribution in [0, 0.1) is 11.7 Å². The molecule has 1 amide bonds. The van der Waals surface area contributed by atoms with Gasteiger partial charge in [0, 0.05) is 45.2 Å². The second-order valence-electron chi connectivity index (χ2n) is 8.95. The SMILES string of the molecule is O=C(C1CCN(S(=O)(=O)c2ccc3ccccc3c2)CC1)N1CCN(c2ccccc2F)CC1. The van der Waals surface area contributed by atoms with Crippen molar-refractivity contribution in [3.8, 4) is 0 Å². The maximum absolute atomic E-state index is 14.1. The molecule has 6 nitrogen and oxygen atoms in total. The summed E-state index contributed by atoms with van der Waals surface area (Å²) in [4.78, 5) is 17.2. The molecular formula is C26H28FN3O3S. The molecule has 0 unspecified atom stereocenters. The first-order valence-electron chi connectivity index (χ1n) is 11.7. The Balaban J connectivity index is 1.19. The van der Waals surface area contributed by atoms with Gasteiger partial charge in [0.15, 0.2) is 0 Å². The van der Waals surface area contributed by atoms with Gasteiger partial charge < -0.3 is 9.80 Å². The van der Waals surface area contributed by atoms with Crippen molar-refractivity contribution < 1.29 is 17.6 Å². The highest BCUT2D eigenvalue weighted by atomic mass is 32.2. The fourth-order valence-electron chi connectivity index (χ4n) is 4.95. The number of benzene rings is 3. The second-order valence-corrected chi connectivity index (χ2v) is 10.9. The third kappa shape index (κ3) is 4.40. The smallest absolute Gasteiger partial charge is 0.243 e. The molecule has 3 aromatic carbocycles. The first-order chi connectivity index (χ1) is 16.4. The van der Waals surface area contributed by atoms with Crippen molar-refractivity contribution in [2.75, 3.05) is 44.2 Å². The molecule has 2 saturated heterocycles. The number of sulfonamides is 1. The molecule has 5 rings (SSSR count). The van der Waals surface area contributed by atoms with E-state index in [9.17, 15) is 17.6 Å². The minimum Gasteiger partial charge on any atom is -0.366 e. The van der Waals surface area contributed by atoms with E-state index in [-0.39, 0.29) is 17.6 Å². The van der Waals surface area contributed by atoms with Gasteiger partial charge >= 0.3 is 0 Å². The van der Waals surface area contributed by atoms with Crippen LogP contribution in [0.2, 0.25) is 0 Å². The van der Waals surface area contributed by atoms with Gasteiger partial charge in [-0.3, -0.25) is 4.79 Å². The lowest BCUT2D eigenvalue weighted by molar-refractivity contribution is -0.137. The number of amides is 1. The summed E-state index contributed by atoms with van der Waals surface area (Å²) in [5.74, 6) is -0.346. The van der Waals surface area contributed by atoms with E-state index in [1.807, 2.05) is 46.2 Å².